The molecule has 0 radical (unpaired) electrons. The van der Waals surface area contributed by atoms with Crippen molar-refractivity contribution in [1.82, 2.24) is 0 Å². The fourth-order valence-corrected chi connectivity index (χ4v) is 0.492. The van der Waals surface area contributed by atoms with Crippen molar-refractivity contribution in [2.75, 3.05) is 0 Å². The van der Waals surface area contributed by atoms with E-state index >= 15 is 0 Å². The lowest BCUT2D eigenvalue weighted by molar-refractivity contribution is -0.139. The van der Waals surface area contributed by atoms with Gasteiger partial charge in [-0.25, -0.2) is 0 Å². The second-order valence-electron chi connectivity index (χ2n) is 2.10. The maximum absolute atomic E-state index is 10.2. The molecule has 0 heterocycles. The van der Waals surface area contributed by atoms with Crippen molar-refractivity contribution in [3.8, 4) is 12.3 Å². The van der Waals surface area contributed by atoms with Crippen LogP contribution in [0.1, 0.15) is 6.42 Å². The largest absolute Gasteiger partial charge is 0.480 e. The van der Waals surface area contributed by atoms with Crippen molar-refractivity contribution < 1.29 is 9.90 Å². The molecule has 0 aliphatic heterocycles. The fourth-order valence-electron chi connectivity index (χ4n) is 0.288. The third kappa shape index (κ3) is 2.31. The van der Waals surface area contributed by atoms with Crippen molar-refractivity contribution in [2.24, 2.45) is 5.73 Å². The summed E-state index contributed by atoms with van der Waals surface area (Å²) in [6.07, 6.45) is 5.00. The summed E-state index contributed by atoms with van der Waals surface area (Å²) in [7, 11) is 0.378. The van der Waals surface area contributed by atoms with Crippen LogP contribution in [0.4, 0.5) is 0 Å². The molecule has 0 bridgehead atoms. The zero-order valence-corrected chi connectivity index (χ0v) is 7.22. The summed E-state index contributed by atoms with van der Waals surface area (Å²) in [5.74, 6) is 1.21. The van der Waals surface area contributed by atoms with Crippen molar-refractivity contribution >= 4 is 16.2 Å². The third-order valence-corrected chi connectivity index (χ3v) is 1.74. The Morgan fingerprint density at radius 3 is 2.56 bits per heavy atom. The summed E-state index contributed by atoms with van der Waals surface area (Å²) in [6.45, 7) is 0. The number of terminal acetylenes is 1. The van der Waals surface area contributed by atoms with Gasteiger partial charge < -0.3 is 10.8 Å². The predicted molar refractivity (Wildman–Crippen MR) is 37.9 cm³/mol. The Kier molecular flexibility index (Phi) is 2.43. The summed E-state index contributed by atoms with van der Waals surface area (Å²) in [5, 5.41) is 7.26. The lowest BCUT2D eigenvalue weighted by Crippen LogP contribution is -2.48. The van der Waals surface area contributed by atoms with Crippen molar-refractivity contribution in [1.29, 1.82) is 0 Å². The Balaban J connectivity index is 4.06. The summed E-state index contributed by atoms with van der Waals surface area (Å²) in [5.41, 5.74) is 5.29. The topological polar surface area (TPSA) is 63.3 Å². The molecule has 1 unspecified atom stereocenters. The van der Waals surface area contributed by atoms with Gasteiger partial charge in [-0.1, -0.05) is 0 Å². The molecule has 0 aliphatic carbocycles. The molecule has 9 heavy (non-hydrogen) atoms. The first-order chi connectivity index (χ1) is 4.00. The van der Waals surface area contributed by atoms with E-state index in [-0.39, 0.29) is 6.42 Å². The molecule has 0 aliphatic rings. The molecule has 50 valence electrons. The molecule has 0 amide bonds. The average Bonchev–Trinajstić information content (AvgIpc) is 1.65. The van der Waals surface area contributed by atoms with Gasteiger partial charge in [-0.3, -0.25) is 4.79 Å². The zero-order chi connectivity index (χ0) is 7.49. The Morgan fingerprint density at radius 1 is 2.00 bits per heavy atom. The minimum absolute atomic E-state index is 0.120. The van der Waals surface area contributed by atoms with Gasteiger partial charge in [-0.2, -0.15) is 0 Å². The van der Waals surface area contributed by atoms with Crippen LogP contribution in [-0.2, 0) is 4.79 Å². The molecule has 0 fully saturated rings. The van der Waals surface area contributed by atoms with Crippen molar-refractivity contribution in [2.45, 2.75) is 11.6 Å². The van der Waals surface area contributed by atoms with Gasteiger partial charge in [0, 0.05) is 16.7 Å². The molecule has 0 spiro atoms. The SMILES string of the molecule is C#CCC(N)([SiH3])C(=O)O. The number of hydrogen-bond donors (Lipinski definition) is 2. The highest BCUT2D eigenvalue weighted by atomic mass is 28.1. The minimum atomic E-state index is -1.13. The van der Waals surface area contributed by atoms with E-state index in [1.54, 1.807) is 0 Å². The number of rotatable bonds is 2. The first-order valence-corrected chi connectivity index (χ1v) is 3.46. The van der Waals surface area contributed by atoms with Gasteiger partial charge >= 0.3 is 5.97 Å². The number of carboxylic acid groups (broad SMARTS) is 1. The van der Waals surface area contributed by atoms with E-state index in [1.165, 1.54) is 0 Å². The minimum Gasteiger partial charge on any atom is -0.480 e. The van der Waals surface area contributed by atoms with E-state index in [1.807, 2.05) is 0 Å². The quantitative estimate of drug-likeness (QED) is 0.351. The van der Waals surface area contributed by atoms with Crippen LogP contribution < -0.4 is 5.73 Å². The molecule has 0 aromatic rings. The molecule has 0 rings (SSSR count). The van der Waals surface area contributed by atoms with Crippen LogP contribution in [0.2, 0.25) is 0 Å². The fraction of sp³-hybridized carbons (Fsp3) is 0.400. The molecule has 0 saturated carbocycles. The van der Waals surface area contributed by atoms with Gasteiger partial charge in [0.25, 0.3) is 0 Å². The van der Waals surface area contributed by atoms with Crippen molar-refractivity contribution in [3.63, 3.8) is 0 Å². The number of carboxylic acids is 1. The van der Waals surface area contributed by atoms with E-state index in [0.29, 0.717) is 10.2 Å². The first-order valence-electron chi connectivity index (χ1n) is 2.46. The van der Waals surface area contributed by atoms with Crippen LogP contribution in [0.25, 0.3) is 0 Å². The standard InChI is InChI=1S/C5H9NO2Si/c1-2-3-5(6,9)4(7)8/h1H,3,6H2,9H3,(H,7,8). The van der Waals surface area contributed by atoms with Gasteiger partial charge in [-0.05, 0) is 0 Å². The number of carbonyl (C=O) groups is 1. The van der Waals surface area contributed by atoms with E-state index in [9.17, 15) is 4.79 Å². The molecule has 1 atom stereocenters. The summed E-state index contributed by atoms with van der Waals surface area (Å²) in [4.78, 5) is 10.2. The number of aliphatic carboxylic acids is 1. The van der Waals surface area contributed by atoms with Gasteiger partial charge in [0.15, 0.2) is 0 Å². The average molecular weight is 143 g/mol. The molecular weight excluding hydrogens is 134 g/mol. The first kappa shape index (κ1) is 8.21. The van der Waals surface area contributed by atoms with Crippen LogP contribution in [-0.4, -0.2) is 26.5 Å². The Morgan fingerprint density at radius 2 is 2.44 bits per heavy atom. The van der Waals surface area contributed by atoms with Gasteiger partial charge in [0.05, 0.1) is 0 Å². The van der Waals surface area contributed by atoms with Gasteiger partial charge in [-0.15, -0.1) is 12.3 Å². The van der Waals surface area contributed by atoms with E-state index in [4.69, 9.17) is 17.3 Å². The van der Waals surface area contributed by atoms with E-state index < -0.39 is 11.1 Å². The Bertz CT molecular complexity index is 159. The molecule has 0 aromatic carbocycles. The van der Waals surface area contributed by atoms with Crippen LogP contribution in [0.5, 0.6) is 0 Å². The second-order valence-corrected chi connectivity index (χ2v) is 3.89. The molecule has 3 nitrogen and oxygen atoms in total. The zero-order valence-electron chi connectivity index (χ0n) is 5.22. The summed E-state index contributed by atoms with van der Waals surface area (Å²) in [6, 6.07) is 0. The maximum atomic E-state index is 10.2. The second kappa shape index (κ2) is 2.67. The number of nitrogens with two attached hydrogens (primary N) is 1. The monoisotopic (exact) mass is 143 g/mol. The lowest BCUT2D eigenvalue weighted by Gasteiger charge is -2.14. The highest BCUT2D eigenvalue weighted by Crippen LogP contribution is 1.98. The van der Waals surface area contributed by atoms with E-state index in [2.05, 4.69) is 5.92 Å². The summed E-state index contributed by atoms with van der Waals surface area (Å²) < 4.78 is 0. The Labute approximate surface area is 56.7 Å². The summed E-state index contributed by atoms with van der Waals surface area (Å²) >= 11 is 0. The third-order valence-electron chi connectivity index (χ3n) is 0.958. The van der Waals surface area contributed by atoms with Crippen LogP contribution in [0.3, 0.4) is 0 Å². The highest BCUT2D eigenvalue weighted by Gasteiger charge is 2.25. The van der Waals surface area contributed by atoms with Crippen molar-refractivity contribution in [3.05, 3.63) is 0 Å². The molecule has 0 aromatic heterocycles. The number of hydrogen-bond acceptors (Lipinski definition) is 2. The highest BCUT2D eigenvalue weighted by molar-refractivity contribution is 6.26. The Hall–Kier alpha value is -0.793. The molecule has 3 N–H and O–H groups in total. The van der Waals surface area contributed by atoms with Gasteiger partial charge in [0.1, 0.15) is 5.16 Å². The van der Waals surface area contributed by atoms with Crippen LogP contribution in [0, 0.1) is 12.3 Å². The smallest absolute Gasteiger partial charge is 0.320 e. The normalized spacial score (nSPS) is 16.0. The maximum Gasteiger partial charge on any atom is 0.320 e. The molecule has 4 heteroatoms. The van der Waals surface area contributed by atoms with Crippen LogP contribution >= 0.6 is 0 Å². The van der Waals surface area contributed by atoms with Gasteiger partial charge in [0.2, 0.25) is 0 Å². The predicted octanol–water partition coefficient (Wildman–Crippen LogP) is -1.89. The van der Waals surface area contributed by atoms with E-state index in [0.717, 1.165) is 0 Å². The molecule has 0 saturated heterocycles. The molecular formula is C5H9NO2Si. The van der Waals surface area contributed by atoms with Crippen LogP contribution in [0.15, 0.2) is 0 Å². The lowest BCUT2D eigenvalue weighted by atomic mass is 10.2.